The minimum atomic E-state index is -0.793. The van der Waals surface area contributed by atoms with Gasteiger partial charge in [0.15, 0.2) is 6.61 Å². The molecule has 0 radical (unpaired) electrons. The van der Waals surface area contributed by atoms with Crippen molar-refractivity contribution in [3.8, 4) is 5.75 Å². The van der Waals surface area contributed by atoms with E-state index in [1.165, 1.54) is 24.3 Å². The zero-order chi connectivity index (χ0) is 25.6. The fraction of sp³-hybridized carbons (Fsp3) is 0.417. The summed E-state index contributed by atoms with van der Waals surface area (Å²) < 4.78 is 33.3. The number of nitrogens with one attached hydrogen (secondary N) is 2. The van der Waals surface area contributed by atoms with Crippen LogP contribution in [0.4, 0.5) is 19.3 Å². The number of hydrogen-bond acceptors (Lipinski definition) is 5. The van der Waals surface area contributed by atoms with Gasteiger partial charge in [0.25, 0.3) is 5.91 Å². The number of benzene rings is 2. The maximum Gasteiger partial charge on any atom is 0.316 e. The Kier molecular flexibility index (Phi) is 8.87. The summed E-state index contributed by atoms with van der Waals surface area (Å²) in [4.78, 5) is 25.7. The number of nitrogens with zero attached hydrogens (tertiary/aromatic N) is 1. The molecule has 1 saturated heterocycles. The zero-order valence-electron chi connectivity index (χ0n) is 19.3. The minimum Gasteiger partial charge on any atom is -0.482 e. The first-order valence-electron chi connectivity index (χ1n) is 11.2. The Morgan fingerprint density at radius 1 is 1.23 bits per heavy atom. The van der Waals surface area contributed by atoms with Crippen molar-refractivity contribution >= 4 is 29.2 Å². The van der Waals surface area contributed by atoms with E-state index < -0.39 is 29.3 Å². The van der Waals surface area contributed by atoms with Gasteiger partial charge < -0.3 is 31.1 Å². The number of nitrogens with two attached hydrogens (primary N) is 1. The summed E-state index contributed by atoms with van der Waals surface area (Å²) in [6.07, 6.45) is 0.674. The standard InChI is InChI=1S/C24H29ClF2N4O4/c1-15(32)13-29-24(12-16-2-4-18(26)11-19(16)27)6-8-31(9-7-24)22(33)14-35-21-5-3-17(25)10-20(21)30-23(28)34/h2-5,10-11,15,29,32H,6-9,12-14H2,1H3,(H3,28,30,34). The number of piperidine rings is 1. The predicted octanol–water partition coefficient (Wildman–Crippen LogP) is 3.06. The van der Waals surface area contributed by atoms with Crippen LogP contribution in [0.3, 0.4) is 0 Å². The molecule has 35 heavy (non-hydrogen) atoms. The number of likely N-dealkylation sites (tertiary alicyclic amines) is 1. The molecule has 1 heterocycles. The first-order chi connectivity index (χ1) is 16.6. The third-order valence-electron chi connectivity index (χ3n) is 5.94. The number of urea groups is 1. The van der Waals surface area contributed by atoms with E-state index in [2.05, 4.69) is 10.6 Å². The molecule has 11 heteroatoms. The van der Waals surface area contributed by atoms with Gasteiger partial charge in [-0.1, -0.05) is 17.7 Å². The van der Waals surface area contributed by atoms with Gasteiger partial charge in [-0.2, -0.15) is 0 Å². The topological polar surface area (TPSA) is 117 Å². The monoisotopic (exact) mass is 510 g/mol. The Hall–Kier alpha value is -2.95. The molecule has 3 rings (SSSR count). The summed E-state index contributed by atoms with van der Waals surface area (Å²) in [5.74, 6) is -1.29. The molecule has 2 aromatic rings. The molecule has 0 aromatic heterocycles. The molecule has 190 valence electrons. The van der Waals surface area contributed by atoms with Gasteiger partial charge in [-0.15, -0.1) is 0 Å². The Balaban J connectivity index is 1.64. The highest BCUT2D eigenvalue weighted by molar-refractivity contribution is 6.31. The van der Waals surface area contributed by atoms with Crippen LogP contribution >= 0.6 is 11.6 Å². The quantitative estimate of drug-likeness (QED) is 0.413. The molecule has 1 aliphatic rings. The lowest BCUT2D eigenvalue weighted by atomic mass is 9.81. The minimum absolute atomic E-state index is 0.248. The van der Waals surface area contributed by atoms with Crippen LogP contribution in [0, 0.1) is 11.6 Å². The van der Waals surface area contributed by atoms with Crippen LogP contribution in [-0.4, -0.2) is 59.8 Å². The van der Waals surface area contributed by atoms with Crippen LogP contribution < -0.4 is 21.1 Å². The summed E-state index contributed by atoms with van der Waals surface area (Å²) >= 11 is 5.95. The number of halogens is 3. The van der Waals surface area contributed by atoms with Gasteiger partial charge in [0.2, 0.25) is 0 Å². The van der Waals surface area contributed by atoms with E-state index in [-0.39, 0.29) is 30.4 Å². The summed E-state index contributed by atoms with van der Waals surface area (Å²) in [6.45, 7) is 2.44. The smallest absolute Gasteiger partial charge is 0.316 e. The van der Waals surface area contributed by atoms with Gasteiger partial charge in [0.05, 0.1) is 11.8 Å². The molecule has 8 nitrogen and oxygen atoms in total. The van der Waals surface area contributed by atoms with Crippen molar-refractivity contribution in [2.24, 2.45) is 5.73 Å². The first kappa shape index (κ1) is 26.7. The van der Waals surface area contributed by atoms with Crippen molar-refractivity contribution in [1.29, 1.82) is 0 Å². The van der Waals surface area contributed by atoms with E-state index in [9.17, 15) is 23.5 Å². The zero-order valence-corrected chi connectivity index (χ0v) is 20.1. The van der Waals surface area contributed by atoms with E-state index in [0.717, 1.165) is 6.07 Å². The third-order valence-corrected chi connectivity index (χ3v) is 6.18. The largest absolute Gasteiger partial charge is 0.482 e. The van der Waals surface area contributed by atoms with Crippen LogP contribution in [0.25, 0.3) is 0 Å². The van der Waals surface area contributed by atoms with E-state index in [4.69, 9.17) is 22.1 Å². The second kappa shape index (κ2) is 11.7. The molecule has 0 aliphatic carbocycles. The number of carbonyl (C=O) groups is 2. The van der Waals surface area contributed by atoms with E-state index in [1.54, 1.807) is 17.9 Å². The van der Waals surface area contributed by atoms with Gasteiger partial charge >= 0.3 is 6.03 Å². The second-order valence-corrected chi connectivity index (χ2v) is 9.16. The maximum atomic E-state index is 14.3. The molecule has 1 atom stereocenters. The average molecular weight is 511 g/mol. The Labute approximate surface area is 207 Å². The summed E-state index contributed by atoms with van der Waals surface area (Å²) in [5, 5.41) is 15.9. The lowest BCUT2D eigenvalue weighted by molar-refractivity contribution is -0.135. The molecule has 1 fully saturated rings. The number of carbonyl (C=O) groups excluding carboxylic acids is 2. The number of β-amino-alcohol motifs (C(OH)–C–C–N with tert-alkyl or cyclic N) is 1. The van der Waals surface area contributed by atoms with Crippen LogP contribution in [0.1, 0.15) is 25.3 Å². The number of aliphatic hydroxyl groups is 1. The van der Waals surface area contributed by atoms with Crippen LogP contribution in [0.5, 0.6) is 5.75 Å². The van der Waals surface area contributed by atoms with E-state index in [1.807, 2.05) is 0 Å². The number of aliphatic hydroxyl groups excluding tert-OH is 1. The predicted molar refractivity (Wildman–Crippen MR) is 128 cm³/mol. The molecule has 2 aromatic carbocycles. The fourth-order valence-electron chi connectivity index (χ4n) is 4.08. The third kappa shape index (κ3) is 7.51. The van der Waals surface area contributed by atoms with Crippen LogP contribution in [-0.2, 0) is 11.2 Å². The van der Waals surface area contributed by atoms with Crippen LogP contribution in [0.15, 0.2) is 36.4 Å². The Morgan fingerprint density at radius 2 is 1.94 bits per heavy atom. The SMILES string of the molecule is CC(O)CNC1(Cc2ccc(F)cc2F)CCN(C(=O)COc2ccc(Cl)cc2NC(N)=O)CC1. The molecular weight excluding hydrogens is 482 g/mol. The summed E-state index contributed by atoms with van der Waals surface area (Å²) in [7, 11) is 0. The fourth-order valence-corrected chi connectivity index (χ4v) is 4.26. The van der Waals surface area contributed by atoms with Crippen molar-refractivity contribution in [3.05, 3.63) is 58.6 Å². The number of anilines is 1. The van der Waals surface area contributed by atoms with Crippen molar-refractivity contribution in [3.63, 3.8) is 0 Å². The maximum absolute atomic E-state index is 14.3. The number of hydrogen-bond donors (Lipinski definition) is 4. The lowest BCUT2D eigenvalue weighted by Crippen LogP contribution is -2.57. The normalized spacial score (nSPS) is 16.0. The molecule has 1 unspecified atom stereocenters. The molecular formula is C24H29ClF2N4O4. The number of rotatable bonds is 9. The molecule has 0 spiro atoms. The van der Waals surface area contributed by atoms with Crippen molar-refractivity contribution < 1.29 is 28.2 Å². The van der Waals surface area contributed by atoms with Gasteiger partial charge in [-0.25, -0.2) is 13.6 Å². The molecule has 3 amide bonds. The lowest BCUT2D eigenvalue weighted by Gasteiger charge is -2.43. The number of amides is 3. The number of ether oxygens (including phenoxy) is 1. The van der Waals surface area contributed by atoms with Crippen molar-refractivity contribution in [2.75, 3.05) is 31.6 Å². The van der Waals surface area contributed by atoms with Gasteiger partial charge in [-0.3, -0.25) is 4.79 Å². The van der Waals surface area contributed by atoms with Gasteiger partial charge in [-0.05, 0) is 56.0 Å². The molecule has 0 saturated carbocycles. The first-order valence-corrected chi connectivity index (χ1v) is 11.6. The summed E-state index contributed by atoms with van der Waals surface area (Å²) in [5.41, 5.74) is 5.22. The van der Waals surface area contributed by atoms with Crippen molar-refractivity contribution in [1.82, 2.24) is 10.2 Å². The Bertz CT molecular complexity index is 1060. The average Bonchev–Trinajstić information content (AvgIpc) is 2.79. The van der Waals surface area contributed by atoms with Crippen LogP contribution in [0.2, 0.25) is 5.02 Å². The highest BCUT2D eigenvalue weighted by Gasteiger charge is 2.36. The molecule has 1 aliphatic heterocycles. The highest BCUT2D eigenvalue weighted by Crippen LogP contribution is 2.30. The van der Waals surface area contributed by atoms with Crippen molar-refractivity contribution in [2.45, 2.75) is 37.8 Å². The summed E-state index contributed by atoms with van der Waals surface area (Å²) in [6, 6.07) is 7.25. The second-order valence-electron chi connectivity index (χ2n) is 8.72. The van der Waals surface area contributed by atoms with E-state index in [0.29, 0.717) is 43.1 Å². The van der Waals surface area contributed by atoms with Gasteiger partial charge in [0, 0.05) is 36.3 Å². The molecule has 0 bridgehead atoms. The van der Waals surface area contributed by atoms with E-state index >= 15 is 0 Å². The van der Waals surface area contributed by atoms with Gasteiger partial charge in [0.1, 0.15) is 17.4 Å². The molecule has 5 N–H and O–H groups in total. The number of primary amides is 1. The highest BCUT2D eigenvalue weighted by atomic mass is 35.5. The Morgan fingerprint density at radius 3 is 2.57 bits per heavy atom.